The first-order chi connectivity index (χ1) is 6.12. The standard InChI is InChI=1S/C11H13BrO/c1-11-5-2-3-10(12)9(11)7-8(13)4-6-11/h4,6-7,10H,2-3,5H2,1H3/t10-,11+/m1/s1. The summed E-state index contributed by atoms with van der Waals surface area (Å²) in [6.07, 6.45) is 9.14. The summed E-state index contributed by atoms with van der Waals surface area (Å²) in [6.45, 7) is 2.22. The predicted molar refractivity (Wildman–Crippen MR) is 56.9 cm³/mol. The monoisotopic (exact) mass is 240 g/mol. The Morgan fingerprint density at radius 2 is 2.38 bits per heavy atom. The first kappa shape index (κ1) is 9.20. The van der Waals surface area contributed by atoms with Crippen LogP contribution in [0.5, 0.6) is 0 Å². The minimum Gasteiger partial charge on any atom is -0.290 e. The second-order valence-corrected chi connectivity index (χ2v) is 5.22. The van der Waals surface area contributed by atoms with Gasteiger partial charge in [0.1, 0.15) is 0 Å². The molecule has 0 aromatic carbocycles. The Morgan fingerprint density at radius 1 is 1.62 bits per heavy atom. The van der Waals surface area contributed by atoms with E-state index in [0.29, 0.717) is 4.83 Å². The zero-order chi connectivity index (χ0) is 9.47. The quantitative estimate of drug-likeness (QED) is 0.596. The van der Waals surface area contributed by atoms with Crippen LogP contribution in [0, 0.1) is 5.41 Å². The van der Waals surface area contributed by atoms with Gasteiger partial charge in [0.2, 0.25) is 0 Å². The van der Waals surface area contributed by atoms with E-state index in [1.165, 1.54) is 18.4 Å². The van der Waals surface area contributed by atoms with Gasteiger partial charge < -0.3 is 0 Å². The zero-order valence-electron chi connectivity index (χ0n) is 7.72. The molecule has 0 heterocycles. The van der Waals surface area contributed by atoms with E-state index < -0.39 is 0 Å². The Kier molecular flexibility index (Phi) is 2.18. The second kappa shape index (κ2) is 3.09. The van der Waals surface area contributed by atoms with Crippen molar-refractivity contribution in [2.45, 2.75) is 31.0 Å². The van der Waals surface area contributed by atoms with E-state index in [4.69, 9.17) is 0 Å². The highest BCUT2D eigenvalue weighted by Gasteiger charge is 2.36. The van der Waals surface area contributed by atoms with Crippen LogP contribution in [-0.4, -0.2) is 10.6 Å². The van der Waals surface area contributed by atoms with Gasteiger partial charge in [-0.15, -0.1) is 0 Å². The highest BCUT2D eigenvalue weighted by molar-refractivity contribution is 9.09. The first-order valence-corrected chi connectivity index (χ1v) is 5.63. The molecule has 2 aliphatic carbocycles. The lowest BCUT2D eigenvalue weighted by molar-refractivity contribution is -0.110. The lowest BCUT2D eigenvalue weighted by Crippen LogP contribution is -2.30. The predicted octanol–water partition coefficient (Wildman–Crippen LogP) is 3.01. The van der Waals surface area contributed by atoms with Crippen molar-refractivity contribution in [3.8, 4) is 0 Å². The number of ketones is 1. The fraction of sp³-hybridized carbons (Fsp3) is 0.545. The second-order valence-electron chi connectivity index (χ2n) is 4.11. The Labute approximate surface area is 87.0 Å². The van der Waals surface area contributed by atoms with Crippen LogP contribution >= 0.6 is 15.9 Å². The van der Waals surface area contributed by atoms with Crippen molar-refractivity contribution in [2.75, 3.05) is 0 Å². The van der Waals surface area contributed by atoms with Crippen LogP contribution in [0.1, 0.15) is 26.2 Å². The molecule has 0 aliphatic heterocycles. The van der Waals surface area contributed by atoms with E-state index in [2.05, 4.69) is 28.9 Å². The number of rotatable bonds is 0. The molecule has 0 amide bonds. The molecular weight excluding hydrogens is 228 g/mol. The maximum absolute atomic E-state index is 11.2. The Morgan fingerprint density at radius 3 is 3.15 bits per heavy atom. The third-order valence-corrected chi connectivity index (χ3v) is 4.01. The number of carbonyl (C=O) groups is 1. The third kappa shape index (κ3) is 1.52. The highest BCUT2D eigenvalue weighted by atomic mass is 79.9. The number of carbonyl (C=O) groups excluding carboxylic acids is 1. The molecule has 0 spiro atoms. The lowest BCUT2D eigenvalue weighted by atomic mass is 9.69. The lowest BCUT2D eigenvalue weighted by Gasteiger charge is -2.38. The van der Waals surface area contributed by atoms with Gasteiger partial charge in [-0.2, -0.15) is 0 Å². The van der Waals surface area contributed by atoms with Crippen molar-refractivity contribution in [3.63, 3.8) is 0 Å². The van der Waals surface area contributed by atoms with E-state index in [1.807, 2.05) is 0 Å². The van der Waals surface area contributed by atoms with Gasteiger partial charge in [0.05, 0.1) is 0 Å². The molecule has 0 N–H and O–H groups in total. The van der Waals surface area contributed by atoms with Crippen LogP contribution in [0.15, 0.2) is 23.8 Å². The average molecular weight is 241 g/mol. The van der Waals surface area contributed by atoms with Gasteiger partial charge in [-0.25, -0.2) is 0 Å². The number of fused-ring (bicyclic) bond motifs is 1. The number of allylic oxidation sites excluding steroid dienone is 4. The molecule has 0 bridgehead atoms. The summed E-state index contributed by atoms with van der Waals surface area (Å²) >= 11 is 3.64. The maximum Gasteiger partial charge on any atom is 0.178 e. The maximum atomic E-state index is 11.2. The summed E-state index contributed by atoms with van der Waals surface area (Å²) in [6, 6.07) is 0. The van der Waals surface area contributed by atoms with Crippen molar-refractivity contribution >= 4 is 21.7 Å². The van der Waals surface area contributed by atoms with E-state index in [9.17, 15) is 4.79 Å². The first-order valence-electron chi connectivity index (χ1n) is 4.71. The van der Waals surface area contributed by atoms with Gasteiger partial charge >= 0.3 is 0 Å². The summed E-state index contributed by atoms with van der Waals surface area (Å²) in [5.74, 6) is 0.138. The smallest absolute Gasteiger partial charge is 0.178 e. The van der Waals surface area contributed by atoms with Crippen molar-refractivity contribution in [1.29, 1.82) is 0 Å². The number of alkyl halides is 1. The molecule has 0 unspecified atom stereocenters. The van der Waals surface area contributed by atoms with E-state index in [1.54, 1.807) is 12.2 Å². The molecule has 0 aromatic heterocycles. The summed E-state index contributed by atoms with van der Waals surface area (Å²) in [5, 5.41) is 0. The minimum absolute atomic E-state index is 0.138. The molecular formula is C11H13BrO. The van der Waals surface area contributed by atoms with Gasteiger partial charge in [-0.1, -0.05) is 35.4 Å². The molecule has 2 rings (SSSR count). The molecule has 2 heteroatoms. The van der Waals surface area contributed by atoms with Crippen LogP contribution in [0.2, 0.25) is 0 Å². The molecule has 70 valence electrons. The van der Waals surface area contributed by atoms with E-state index >= 15 is 0 Å². The summed E-state index contributed by atoms with van der Waals surface area (Å²) in [4.78, 5) is 11.6. The van der Waals surface area contributed by atoms with Crippen molar-refractivity contribution in [2.24, 2.45) is 5.41 Å². The Balaban J connectivity index is 2.39. The van der Waals surface area contributed by atoms with Gasteiger partial charge in [0.25, 0.3) is 0 Å². The third-order valence-electron chi connectivity index (χ3n) is 3.06. The Bertz CT molecular complexity index is 303. The summed E-state index contributed by atoms with van der Waals surface area (Å²) in [5.41, 5.74) is 1.41. The molecule has 1 fully saturated rings. The molecule has 2 aliphatic rings. The van der Waals surface area contributed by atoms with Crippen molar-refractivity contribution in [3.05, 3.63) is 23.8 Å². The minimum atomic E-state index is 0.138. The number of hydrogen-bond acceptors (Lipinski definition) is 1. The fourth-order valence-corrected chi connectivity index (χ4v) is 3.19. The van der Waals surface area contributed by atoms with E-state index in [-0.39, 0.29) is 11.2 Å². The Hall–Kier alpha value is -0.370. The summed E-state index contributed by atoms with van der Waals surface area (Å²) < 4.78 is 0. The molecule has 1 saturated carbocycles. The van der Waals surface area contributed by atoms with E-state index in [0.717, 1.165) is 6.42 Å². The van der Waals surface area contributed by atoms with Crippen LogP contribution in [0.4, 0.5) is 0 Å². The normalized spacial score (nSPS) is 38.5. The SMILES string of the molecule is C[C@]12C=CC(=O)C=C1[C@H](Br)CCC2. The molecule has 2 atom stereocenters. The zero-order valence-corrected chi connectivity index (χ0v) is 9.30. The number of hydrogen-bond donors (Lipinski definition) is 0. The van der Waals surface area contributed by atoms with Gasteiger partial charge in [0.15, 0.2) is 5.78 Å². The highest BCUT2D eigenvalue weighted by Crippen LogP contribution is 2.45. The van der Waals surface area contributed by atoms with Gasteiger partial charge in [0, 0.05) is 10.2 Å². The average Bonchev–Trinajstić information content (AvgIpc) is 2.08. The van der Waals surface area contributed by atoms with Crippen LogP contribution < -0.4 is 0 Å². The molecule has 1 nitrogen and oxygen atoms in total. The summed E-state index contributed by atoms with van der Waals surface area (Å²) in [7, 11) is 0. The molecule has 0 radical (unpaired) electrons. The molecule has 0 saturated heterocycles. The van der Waals surface area contributed by atoms with Crippen LogP contribution in [0.25, 0.3) is 0 Å². The number of halogens is 1. The van der Waals surface area contributed by atoms with Crippen molar-refractivity contribution in [1.82, 2.24) is 0 Å². The van der Waals surface area contributed by atoms with Crippen molar-refractivity contribution < 1.29 is 4.79 Å². The van der Waals surface area contributed by atoms with Crippen LogP contribution in [0.3, 0.4) is 0 Å². The topological polar surface area (TPSA) is 17.1 Å². The molecule has 0 aromatic rings. The fourth-order valence-electron chi connectivity index (χ4n) is 2.21. The van der Waals surface area contributed by atoms with Gasteiger partial charge in [-0.3, -0.25) is 4.79 Å². The molecule has 13 heavy (non-hydrogen) atoms. The van der Waals surface area contributed by atoms with Gasteiger partial charge in [-0.05, 0) is 30.6 Å². The van der Waals surface area contributed by atoms with Crippen LogP contribution in [-0.2, 0) is 4.79 Å². The largest absolute Gasteiger partial charge is 0.290 e.